The molecule has 0 spiro atoms. The van der Waals surface area contributed by atoms with Crippen LogP contribution in [0, 0.1) is 0 Å². The number of hydrogen-bond acceptors (Lipinski definition) is 2. The number of benzene rings is 1. The normalized spacial score (nSPS) is 10.3. The van der Waals surface area contributed by atoms with E-state index in [1.165, 1.54) is 0 Å². The van der Waals surface area contributed by atoms with Gasteiger partial charge in [0.05, 0.1) is 6.20 Å². The maximum Gasteiger partial charge on any atom is 0.112 e. The van der Waals surface area contributed by atoms with Gasteiger partial charge in [-0.1, -0.05) is 6.07 Å². The first kappa shape index (κ1) is 8.90. The van der Waals surface area contributed by atoms with E-state index < -0.39 is 0 Å². The summed E-state index contributed by atoms with van der Waals surface area (Å²) in [5, 5.41) is 10.3. The van der Waals surface area contributed by atoms with Crippen LogP contribution in [0.25, 0.3) is 11.3 Å². The summed E-state index contributed by atoms with van der Waals surface area (Å²) in [6.07, 6.45) is 1.69. The van der Waals surface area contributed by atoms with Crippen LogP contribution in [0.15, 0.2) is 33.3 Å². The first-order valence-corrected chi connectivity index (χ1v) is 5.17. The van der Waals surface area contributed by atoms with Gasteiger partial charge < -0.3 is 0 Å². The van der Waals surface area contributed by atoms with E-state index in [4.69, 9.17) is 0 Å². The zero-order chi connectivity index (χ0) is 9.26. The molecule has 1 heterocycles. The summed E-state index contributed by atoms with van der Waals surface area (Å²) >= 11 is 6.83. The fourth-order valence-electron chi connectivity index (χ4n) is 0.996. The molecule has 0 bridgehead atoms. The average molecular weight is 303 g/mol. The van der Waals surface area contributed by atoms with Crippen LogP contribution in [0.5, 0.6) is 0 Å². The van der Waals surface area contributed by atoms with Crippen molar-refractivity contribution in [1.29, 1.82) is 0 Å². The molecule has 2 rings (SSSR count). The molecule has 0 aliphatic carbocycles. The van der Waals surface area contributed by atoms with Crippen molar-refractivity contribution in [3.05, 3.63) is 33.3 Å². The quantitative estimate of drug-likeness (QED) is 0.880. The van der Waals surface area contributed by atoms with Gasteiger partial charge in [0.15, 0.2) is 0 Å². The highest BCUT2D eigenvalue weighted by Crippen LogP contribution is 2.27. The predicted molar refractivity (Wildman–Crippen MR) is 57.2 cm³/mol. The number of rotatable bonds is 1. The summed E-state index contributed by atoms with van der Waals surface area (Å²) in [5.41, 5.74) is 1.87. The van der Waals surface area contributed by atoms with Crippen LogP contribution in [-0.4, -0.2) is 15.4 Å². The minimum atomic E-state index is 0.841. The second kappa shape index (κ2) is 3.59. The number of aromatic amines is 1. The maximum atomic E-state index is 3.99. The van der Waals surface area contributed by atoms with E-state index in [1.54, 1.807) is 6.20 Å². The van der Waals surface area contributed by atoms with Crippen molar-refractivity contribution in [2.45, 2.75) is 0 Å². The summed E-state index contributed by atoms with van der Waals surface area (Å²) in [6.45, 7) is 0. The van der Waals surface area contributed by atoms with Gasteiger partial charge in [-0.05, 0) is 44.0 Å². The van der Waals surface area contributed by atoms with Crippen LogP contribution < -0.4 is 0 Å². The third kappa shape index (κ3) is 1.81. The second-order valence-electron chi connectivity index (χ2n) is 2.48. The molecule has 3 nitrogen and oxygen atoms in total. The van der Waals surface area contributed by atoms with Gasteiger partial charge in [0.2, 0.25) is 0 Å². The standard InChI is InChI=1S/C8H5Br2N3/c9-6-2-1-5(3-7(6)10)8-4-11-13-12-8/h1-4H,(H,11,12,13). The summed E-state index contributed by atoms with van der Waals surface area (Å²) in [5.74, 6) is 0. The highest BCUT2D eigenvalue weighted by atomic mass is 79.9. The van der Waals surface area contributed by atoms with E-state index in [0.717, 1.165) is 20.2 Å². The Labute approximate surface area is 91.8 Å². The van der Waals surface area contributed by atoms with Crippen molar-refractivity contribution in [2.75, 3.05) is 0 Å². The number of aromatic nitrogens is 3. The predicted octanol–water partition coefficient (Wildman–Crippen LogP) is 3.00. The number of nitrogens with zero attached hydrogens (tertiary/aromatic N) is 2. The Bertz CT molecular complexity index is 411. The molecule has 1 aromatic carbocycles. The van der Waals surface area contributed by atoms with Gasteiger partial charge in [-0.25, -0.2) is 0 Å². The van der Waals surface area contributed by atoms with Gasteiger partial charge in [0.25, 0.3) is 0 Å². The zero-order valence-corrected chi connectivity index (χ0v) is 9.63. The maximum absolute atomic E-state index is 3.99. The summed E-state index contributed by atoms with van der Waals surface area (Å²) in [7, 11) is 0. The second-order valence-corrected chi connectivity index (χ2v) is 4.19. The van der Waals surface area contributed by atoms with Gasteiger partial charge in [0.1, 0.15) is 5.69 Å². The molecule has 0 fully saturated rings. The topological polar surface area (TPSA) is 41.6 Å². The molecule has 1 N–H and O–H groups in total. The lowest BCUT2D eigenvalue weighted by atomic mass is 10.2. The van der Waals surface area contributed by atoms with Crippen LogP contribution in [0.3, 0.4) is 0 Å². The van der Waals surface area contributed by atoms with Gasteiger partial charge in [-0.15, -0.1) is 0 Å². The van der Waals surface area contributed by atoms with E-state index in [9.17, 15) is 0 Å². The summed E-state index contributed by atoms with van der Waals surface area (Å²) in [4.78, 5) is 0. The molecule has 0 amide bonds. The van der Waals surface area contributed by atoms with Gasteiger partial charge >= 0.3 is 0 Å². The van der Waals surface area contributed by atoms with Crippen molar-refractivity contribution in [2.24, 2.45) is 0 Å². The molecule has 0 aliphatic heterocycles. The Morgan fingerprint density at radius 1 is 1.15 bits per heavy atom. The highest BCUT2D eigenvalue weighted by Gasteiger charge is 2.02. The fraction of sp³-hybridized carbons (Fsp3) is 0. The van der Waals surface area contributed by atoms with Crippen molar-refractivity contribution >= 4 is 31.9 Å². The first-order chi connectivity index (χ1) is 6.27. The molecular weight excluding hydrogens is 298 g/mol. The first-order valence-electron chi connectivity index (χ1n) is 3.58. The summed E-state index contributed by atoms with van der Waals surface area (Å²) in [6, 6.07) is 5.93. The minimum Gasteiger partial charge on any atom is -0.197 e. The molecule has 13 heavy (non-hydrogen) atoms. The third-order valence-corrected chi connectivity index (χ3v) is 3.51. The Morgan fingerprint density at radius 3 is 2.62 bits per heavy atom. The minimum absolute atomic E-state index is 0.841. The fourth-order valence-corrected chi connectivity index (χ4v) is 1.62. The lowest BCUT2D eigenvalue weighted by molar-refractivity contribution is 0.942. The van der Waals surface area contributed by atoms with Crippen LogP contribution in [0.2, 0.25) is 0 Å². The molecule has 0 radical (unpaired) electrons. The van der Waals surface area contributed by atoms with Crippen LogP contribution in [0.4, 0.5) is 0 Å². The van der Waals surface area contributed by atoms with Crippen molar-refractivity contribution in [3.8, 4) is 11.3 Å². The highest BCUT2D eigenvalue weighted by molar-refractivity contribution is 9.13. The molecule has 5 heteroatoms. The average Bonchev–Trinajstić information content (AvgIpc) is 2.62. The van der Waals surface area contributed by atoms with Crippen LogP contribution in [-0.2, 0) is 0 Å². The van der Waals surface area contributed by atoms with E-state index in [0.29, 0.717) is 0 Å². The number of H-pyrrole nitrogens is 1. The molecule has 0 saturated carbocycles. The van der Waals surface area contributed by atoms with Gasteiger partial charge in [0, 0.05) is 14.5 Å². The van der Waals surface area contributed by atoms with Gasteiger partial charge in [-0.3, -0.25) is 0 Å². The Balaban J connectivity index is 2.49. The van der Waals surface area contributed by atoms with Crippen molar-refractivity contribution in [1.82, 2.24) is 15.4 Å². The van der Waals surface area contributed by atoms with E-state index in [-0.39, 0.29) is 0 Å². The Hall–Kier alpha value is -0.680. The summed E-state index contributed by atoms with van der Waals surface area (Å²) < 4.78 is 2.03. The van der Waals surface area contributed by atoms with E-state index in [2.05, 4.69) is 47.3 Å². The largest absolute Gasteiger partial charge is 0.197 e. The molecule has 0 atom stereocenters. The Kier molecular flexibility index (Phi) is 2.46. The molecule has 66 valence electrons. The number of hydrogen-bond donors (Lipinski definition) is 1. The molecule has 0 unspecified atom stereocenters. The van der Waals surface area contributed by atoms with Crippen LogP contribution >= 0.6 is 31.9 Å². The lowest BCUT2D eigenvalue weighted by Gasteiger charge is -1.98. The molecule has 0 aliphatic rings. The third-order valence-electron chi connectivity index (χ3n) is 1.63. The van der Waals surface area contributed by atoms with Crippen LogP contribution in [0.1, 0.15) is 0 Å². The molecular formula is C8H5Br2N3. The SMILES string of the molecule is Brc1ccc(-c2cn[nH]n2)cc1Br. The smallest absolute Gasteiger partial charge is 0.112 e. The van der Waals surface area contributed by atoms with Crippen molar-refractivity contribution in [3.63, 3.8) is 0 Å². The van der Waals surface area contributed by atoms with E-state index in [1.807, 2.05) is 18.2 Å². The monoisotopic (exact) mass is 301 g/mol. The van der Waals surface area contributed by atoms with Gasteiger partial charge in [-0.2, -0.15) is 15.4 Å². The van der Waals surface area contributed by atoms with E-state index >= 15 is 0 Å². The zero-order valence-electron chi connectivity index (χ0n) is 6.46. The molecule has 2 aromatic rings. The molecule has 0 saturated heterocycles. The Morgan fingerprint density at radius 2 is 2.00 bits per heavy atom. The number of nitrogens with one attached hydrogen (secondary N) is 1. The number of halogens is 2. The van der Waals surface area contributed by atoms with Crippen molar-refractivity contribution < 1.29 is 0 Å². The molecule has 1 aromatic heterocycles. The lowest BCUT2D eigenvalue weighted by Crippen LogP contribution is -1.78.